The molecule has 5 heteroatoms. The van der Waals surface area contributed by atoms with Gasteiger partial charge in [0.2, 0.25) is 0 Å². The van der Waals surface area contributed by atoms with Crippen molar-refractivity contribution in [3.05, 3.63) is 29.3 Å². The van der Waals surface area contributed by atoms with Gasteiger partial charge in [0.15, 0.2) is 5.78 Å². The molecule has 88 valence electrons. The Labute approximate surface area is 101 Å². The molecule has 0 heterocycles. The van der Waals surface area contributed by atoms with Crippen LogP contribution in [0.5, 0.6) is 5.75 Å². The largest absolute Gasteiger partial charge is 0.434 e. The van der Waals surface area contributed by atoms with Gasteiger partial charge < -0.3 is 4.74 Å². The fourth-order valence-electron chi connectivity index (χ4n) is 1.24. The number of ketones is 1. The molecular weight excluding hydrogens is 282 g/mol. The molecule has 2 nitrogen and oxygen atoms in total. The highest BCUT2D eigenvalue weighted by Crippen LogP contribution is 2.25. The number of benzene rings is 1. The van der Waals surface area contributed by atoms with Gasteiger partial charge in [-0.15, -0.1) is 0 Å². The summed E-state index contributed by atoms with van der Waals surface area (Å²) in [6.45, 7) is 0.442. The summed E-state index contributed by atoms with van der Waals surface area (Å²) >= 11 is 3.10. The maximum absolute atomic E-state index is 12.2. The van der Waals surface area contributed by atoms with Crippen LogP contribution in [0.4, 0.5) is 8.78 Å². The lowest BCUT2D eigenvalue weighted by atomic mass is 10.1. The Kier molecular flexibility index (Phi) is 4.41. The van der Waals surface area contributed by atoms with E-state index >= 15 is 0 Å². The van der Waals surface area contributed by atoms with E-state index in [1.165, 1.54) is 12.1 Å². The van der Waals surface area contributed by atoms with Crippen molar-refractivity contribution >= 4 is 21.7 Å². The van der Waals surface area contributed by atoms with Gasteiger partial charge in [-0.2, -0.15) is 8.78 Å². The van der Waals surface area contributed by atoms with Crippen molar-refractivity contribution in [1.29, 1.82) is 0 Å². The molecule has 0 radical (unpaired) electrons. The number of carbonyl (C=O) groups is 1. The van der Waals surface area contributed by atoms with Gasteiger partial charge in [0.05, 0.1) is 10.4 Å². The predicted octanol–water partition coefficient (Wildman–Crippen LogP) is 3.56. The molecule has 0 fully saturated rings. The predicted molar refractivity (Wildman–Crippen MR) is 60.5 cm³/mol. The SMILES string of the molecule is Cc1ccc(C(=O)C(C)Br)c(OC(F)F)c1. The number of carbonyl (C=O) groups excluding carboxylic acids is 1. The van der Waals surface area contributed by atoms with Crippen LogP contribution in [0.2, 0.25) is 0 Å². The van der Waals surface area contributed by atoms with Crippen LogP contribution in [0.15, 0.2) is 18.2 Å². The molecule has 0 aliphatic heterocycles. The minimum Gasteiger partial charge on any atom is -0.434 e. The Morgan fingerprint density at radius 3 is 2.56 bits per heavy atom. The molecule has 0 saturated carbocycles. The second kappa shape index (κ2) is 5.39. The number of rotatable bonds is 4. The van der Waals surface area contributed by atoms with Crippen LogP contribution in [-0.2, 0) is 0 Å². The average Bonchev–Trinajstić information content (AvgIpc) is 2.15. The van der Waals surface area contributed by atoms with Gasteiger partial charge in [-0.3, -0.25) is 4.79 Å². The van der Waals surface area contributed by atoms with Crippen LogP contribution in [0.25, 0.3) is 0 Å². The molecular formula is C11H11BrF2O2. The van der Waals surface area contributed by atoms with E-state index in [4.69, 9.17) is 0 Å². The van der Waals surface area contributed by atoms with Crippen LogP contribution in [-0.4, -0.2) is 17.2 Å². The zero-order valence-electron chi connectivity index (χ0n) is 8.84. The summed E-state index contributed by atoms with van der Waals surface area (Å²) in [5, 5.41) is 0. The first-order valence-electron chi connectivity index (χ1n) is 4.65. The van der Waals surface area contributed by atoms with Gasteiger partial charge in [-0.05, 0) is 31.5 Å². The number of alkyl halides is 3. The average molecular weight is 293 g/mol. The first-order valence-corrected chi connectivity index (χ1v) is 5.57. The molecule has 0 N–H and O–H groups in total. The molecule has 0 bridgehead atoms. The molecule has 1 atom stereocenters. The summed E-state index contributed by atoms with van der Waals surface area (Å²) in [5.41, 5.74) is 0.921. The van der Waals surface area contributed by atoms with Crippen molar-refractivity contribution in [2.75, 3.05) is 0 Å². The minimum absolute atomic E-state index is 0.0775. The van der Waals surface area contributed by atoms with E-state index in [2.05, 4.69) is 20.7 Å². The normalized spacial score (nSPS) is 12.6. The minimum atomic E-state index is -2.93. The number of halogens is 3. The van der Waals surface area contributed by atoms with E-state index in [0.29, 0.717) is 0 Å². The Morgan fingerprint density at radius 2 is 2.06 bits per heavy atom. The maximum Gasteiger partial charge on any atom is 0.387 e. The Morgan fingerprint density at radius 1 is 1.44 bits per heavy atom. The summed E-state index contributed by atoms with van der Waals surface area (Å²) in [6.07, 6.45) is 0. The van der Waals surface area contributed by atoms with Crippen molar-refractivity contribution in [2.24, 2.45) is 0 Å². The molecule has 0 aromatic heterocycles. The molecule has 0 amide bonds. The number of Topliss-reactive ketones (excluding diaryl/α,β-unsaturated/α-hetero) is 1. The van der Waals surface area contributed by atoms with Gasteiger partial charge in [0.25, 0.3) is 0 Å². The van der Waals surface area contributed by atoms with Crippen molar-refractivity contribution in [2.45, 2.75) is 25.3 Å². The van der Waals surface area contributed by atoms with Gasteiger partial charge in [-0.25, -0.2) is 0 Å². The molecule has 1 aromatic carbocycles. The summed E-state index contributed by atoms with van der Waals surface area (Å²) in [6, 6.07) is 4.60. The van der Waals surface area contributed by atoms with E-state index in [1.807, 2.05) is 0 Å². The third-order valence-corrected chi connectivity index (χ3v) is 2.40. The van der Waals surface area contributed by atoms with Crippen molar-refractivity contribution < 1.29 is 18.3 Å². The Hall–Kier alpha value is -0.970. The number of ether oxygens (including phenoxy) is 1. The van der Waals surface area contributed by atoms with Crippen molar-refractivity contribution in [3.63, 3.8) is 0 Å². The van der Waals surface area contributed by atoms with Gasteiger partial charge in [0.1, 0.15) is 5.75 Å². The molecule has 1 rings (SSSR count). The highest BCUT2D eigenvalue weighted by Gasteiger charge is 2.19. The van der Waals surface area contributed by atoms with Crippen LogP contribution >= 0.6 is 15.9 Å². The number of hydrogen-bond acceptors (Lipinski definition) is 2. The number of aryl methyl sites for hydroxylation is 1. The molecule has 0 aliphatic rings. The van der Waals surface area contributed by atoms with Gasteiger partial charge in [0, 0.05) is 0 Å². The lowest BCUT2D eigenvalue weighted by Crippen LogP contribution is -2.13. The molecule has 1 aromatic rings. The molecule has 0 aliphatic carbocycles. The molecule has 0 spiro atoms. The monoisotopic (exact) mass is 292 g/mol. The van der Waals surface area contributed by atoms with E-state index in [-0.39, 0.29) is 17.1 Å². The highest BCUT2D eigenvalue weighted by molar-refractivity contribution is 9.10. The highest BCUT2D eigenvalue weighted by atomic mass is 79.9. The first kappa shape index (κ1) is 13.1. The topological polar surface area (TPSA) is 26.3 Å². The zero-order chi connectivity index (χ0) is 12.3. The molecule has 16 heavy (non-hydrogen) atoms. The third-order valence-electron chi connectivity index (χ3n) is 1.98. The van der Waals surface area contributed by atoms with Crippen molar-refractivity contribution in [3.8, 4) is 5.75 Å². The fraction of sp³-hybridized carbons (Fsp3) is 0.364. The van der Waals surface area contributed by atoms with Gasteiger partial charge in [-0.1, -0.05) is 22.0 Å². The number of hydrogen-bond donors (Lipinski definition) is 0. The van der Waals surface area contributed by atoms with E-state index < -0.39 is 11.4 Å². The zero-order valence-corrected chi connectivity index (χ0v) is 10.4. The van der Waals surface area contributed by atoms with Crippen molar-refractivity contribution in [1.82, 2.24) is 0 Å². The van der Waals surface area contributed by atoms with Crippen LogP contribution in [0.3, 0.4) is 0 Å². The first-order chi connectivity index (χ1) is 7.41. The lowest BCUT2D eigenvalue weighted by molar-refractivity contribution is -0.0501. The van der Waals surface area contributed by atoms with Crippen LogP contribution < -0.4 is 4.74 Å². The third kappa shape index (κ3) is 3.27. The quantitative estimate of drug-likeness (QED) is 0.626. The smallest absolute Gasteiger partial charge is 0.387 e. The standard InChI is InChI=1S/C11H11BrF2O2/c1-6-3-4-8(10(15)7(2)12)9(5-6)16-11(13)14/h3-5,7,11H,1-2H3. The molecule has 1 unspecified atom stereocenters. The van der Waals surface area contributed by atoms with Crippen LogP contribution in [0, 0.1) is 6.92 Å². The van der Waals surface area contributed by atoms with Gasteiger partial charge >= 0.3 is 6.61 Å². The van der Waals surface area contributed by atoms with E-state index in [0.717, 1.165) is 5.56 Å². The Bertz CT molecular complexity index is 392. The summed E-state index contributed by atoms with van der Waals surface area (Å²) < 4.78 is 28.6. The lowest BCUT2D eigenvalue weighted by Gasteiger charge is -2.11. The second-order valence-electron chi connectivity index (χ2n) is 3.36. The fourth-order valence-corrected chi connectivity index (χ4v) is 1.49. The van der Waals surface area contributed by atoms with Crippen LogP contribution in [0.1, 0.15) is 22.8 Å². The second-order valence-corrected chi connectivity index (χ2v) is 4.73. The van der Waals surface area contributed by atoms with E-state index in [9.17, 15) is 13.6 Å². The summed E-state index contributed by atoms with van der Waals surface area (Å²) in [5.74, 6) is -0.359. The Balaban J connectivity index is 3.12. The summed E-state index contributed by atoms with van der Waals surface area (Å²) in [4.78, 5) is 11.3. The molecule has 0 saturated heterocycles. The van der Waals surface area contributed by atoms with E-state index in [1.54, 1.807) is 19.9 Å². The maximum atomic E-state index is 12.2. The summed E-state index contributed by atoms with van der Waals surface area (Å²) in [7, 11) is 0.